The number of amides is 9. The van der Waals surface area contributed by atoms with Crippen molar-refractivity contribution in [2.24, 2.45) is 15.7 Å². The van der Waals surface area contributed by atoms with E-state index in [0.717, 1.165) is 57.1 Å². The molecule has 0 saturated carbocycles. The molecule has 14 N–H and O–H groups in total. The highest BCUT2D eigenvalue weighted by atomic mass is 32.2. The van der Waals surface area contributed by atoms with Crippen molar-refractivity contribution in [1.29, 1.82) is 0 Å². The van der Waals surface area contributed by atoms with Crippen LogP contribution in [0.1, 0.15) is 129 Å². The summed E-state index contributed by atoms with van der Waals surface area (Å²) in [5, 5.41) is 70.1. The number of aliphatic imine (C=N–C) groups is 2. The molecule has 7 rings (SSSR count). The Morgan fingerprint density at radius 1 is 0.895 bits per heavy atom. The van der Waals surface area contributed by atoms with Crippen LogP contribution in [0.15, 0.2) is 81.3 Å². The van der Waals surface area contributed by atoms with Crippen molar-refractivity contribution < 1.29 is 68.3 Å². The first kappa shape index (κ1) is 65.6. The van der Waals surface area contributed by atoms with Crippen molar-refractivity contribution >= 4 is 121 Å². The van der Waals surface area contributed by atoms with Crippen LogP contribution in [0.4, 0.5) is 4.79 Å². The second-order valence-corrected chi connectivity index (χ2v) is 24.5. The molecule has 3 aliphatic rings. The van der Waals surface area contributed by atoms with Gasteiger partial charge in [-0.15, -0.1) is 57.1 Å². The molecule has 4 aromatic heterocycles. The van der Waals surface area contributed by atoms with Gasteiger partial charge in [-0.25, -0.2) is 24.7 Å². The molecular weight excluding hydrogens is 1220 g/mol. The summed E-state index contributed by atoms with van der Waals surface area (Å²) in [4.78, 5) is 150. The van der Waals surface area contributed by atoms with Crippen LogP contribution < -0.4 is 48.3 Å². The molecule has 29 nitrogen and oxygen atoms in total. The predicted molar refractivity (Wildman–Crippen MR) is 318 cm³/mol. The first-order valence-corrected chi connectivity index (χ1v) is 30.5. The quantitative estimate of drug-likeness (QED) is 0.0575. The normalized spacial score (nSPS) is 23.5. The van der Waals surface area contributed by atoms with Gasteiger partial charge in [0, 0.05) is 21.9 Å². The Morgan fingerprint density at radius 3 is 2.21 bits per heavy atom. The van der Waals surface area contributed by atoms with E-state index in [0.29, 0.717) is 0 Å². The zero-order valence-electron chi connectivity index (χ0n) is 46.8. The van der Waals surface area contributed by atoms with E-state index >= 15 is 0 Å². The number of rotatable bonds is 15. The third kappa shape index (κ3) is 14.8. The van der Waals surface area contributed by atoms with Gasteiger partial charge in [0.1, 0.15) is 95.3 Å². The topological polar surface area (TPSA) is 442 Å². The van der Waals surface area contributed by atoms with E-state index in [4.69, 9.17) is 25.4 Å². The first-order valence-electron chi connectivity index (χ1n) is 26.0. The molecule has 11 atom stereocenters. The van der Waals surface area contributed by atoms with Gasteiger partial charge in [-0.1, -0.05) is 31.9 Å². The minimum atomic E-state index is -2.08. The number of aliphatic hydroxyl groups excluding tert-OH is 3. The van der Waals surface area contributed by atoms with E-state index in [2.05, 4.69) is 77.2 Å². The number of alkyl carbamates (subject to hydrolysis) is 1. The van der Waals surface area contributed by atoms with Crippen LogP contribution in [0.2, 0.25) is 0 Å². The number of ether oxygens (including phenoxy) is 1. The Balaban J connectivity index is 1.37. The second-order valence-electron chi connectivity index (χ2n) is 19.8. The summed E-state index contributed by atoms with van der Waals surface area (Å²) in [6.07, 6.45) is -1.30. The molecule has 458 valence electrons. The molecule has 0 unspecified atom stereocenters. The van der Waals surface area contributed by atoms with Gasteiger partial charge in [-0.3, -0.25) is 48.3 Å². The fraction of sp³-hybridized carbons (Fsp3) is 0.404. The highest BCUT2D eigenvalue weighted by molar-refractivity contribution is 8.14. The molecule has 0 aromatic carbocycles. The lowest BCUT2D eigenvalue weighted by Crippen LogP contribution is -2.52. The summed E-state index contributed by atoms with van der Waals surface area (Å²) in [7, 11) is 0. The van der Waals surface area contributed by atoms with Gasteiger partial charge >= 0.3 is 6.09 Å². The molecule has 3 aliphatic heterocycles. The van der Waals surface area contributed by atoms with Crippen LogP contribution in [-0.2, 0) is 34.2 Å². The third-order valence-corrected chi connectivity index (χ3v) is 18.4. The van der Waals surface area contributed by atoms with Crippen LogP contribution >= 0.6 is 57.1 Å². The number of allylic oxidation sites excluding steroid dienone is 1. The number of thiazole rings is 4. The summed E-state index contributed by atoms with van der Waals surface area (Å²) < 4.78 is 5.07. The average Bonchev–Trinajstić information content (AvgIpc) is 1.84. The predicted octanol–water partition coefficient (Wildman–Crippen LogP) is 0.676. The minimum absolute atomic E-state index is 0.00430. The van der Waals surface area contributed by atoms with Gasteiger partial charge in [0.15, 0.2) is 0 Å². The summed E-state index contributed by atoms with van der Waals surface area (Å²) in [6, 6.07) is -8.17. The molecule has 86 heavy (non-hydrogen) atoms. The van der Waals surface area contributed by atoms with E-state index in [1.54, 1.807) is 6.92 Å². The number of aromatic nitrogens is 4. The minimum Gasteiger partial charge on any atom is -0.445 e. The number of fused-ring (bicyclic) bond motifs is 8. The van der Waals surface area contributed by atoms with E-state index < -0.39 is 130 Å². The molecule has 1 spiro atoms. The van der Waals surface area contributed by atoms with Gasteiger partial charge in [-0.05, 0) is 54.4 Å². The number of nitrogens with one attached hydrogen (secondary N) is 8. The van der Waals surface area contributed by atoms with E-state index in [-0.39, 0.29) is 83.6 Å². The standard InChI is InChI=1S/C52H61N15O14S5/c1-10-14-81-50(79)57-22(5)39(73)65-35-28-16-83-47(59-28)34(24(7)69)64-40(74)29-18-84-48(61-29)36(51(9,80)25(8)70)66-42(76)30-17-82-46(60-30)26(11-2)58-44(78)33(23(6)68)63-41(75)31-19-85-49(62-31)52(35)13-12-27(67-52)45-54-15-32(86-45)43(77)56-21(4)38(72)55-20(3)37(53)71/h10-11,15-16,18-19,22-25,30,33-36,68-70,80H,1,3-4,12-14,17H2,2,5-9H3,(H2,53,71)(H,55,72)(H,56,77)(H,57,79)(H,58,78)(H,63,75)(H,64,74)(H,65,73)(H,66,76)/b26-11-/t22-,23+,24+,25+,30+,33-,34-,35+,36+,51+,52+/m0/s1. The second kappa shape index (κ2) is 27.6. The van der Waals surface area contributed by atoms with Gasteiger partial charge < -0.3 is 73.4 Å². The van der Waals surface area contributed by atoms with Crippen molar-refractivity contribution in [2.75, 3.05) is 12.4 Å². The van der Waals surface area contributed by atoms with Crippen molar-refractivity contribution in [1.82, 2.24) is 62.5 Å². The van der Waals surface area contributed by atoms with Crippen molar-refractivity contribution in [3.05, 3.63) is 113 Å². The Morgan fingerprint density at radius 2 is 1.56 bits per heavy atom. The van der Waals surface area contributed by atoms with E-state index in [1.807, 2.05) is 0 Å². The summed E-state index contributed by atoms with van der Waals surface area (Å²) in [6.45, 7) is 18.4. The highest BCUT2D eigenvalue weighted by Crippen LogP contribution is 2.49. The van der Waals surface area contributed by atoms with Gasteiger partial charge in [0.25, 0.3) is 29.5 Å². The highest BCUT2D eigenvalue weighted by Gasteiger charge is 2.51. The number of hydrogen-bond donors (Lipinski definition) is 13. The first-order chi connectivity index (χ1) is 40.6. The van der Waals surface area contributed by atoms with Crippen molar-refractivity contribution in [3.63, 3.8) is 0 Å². The van der Waals surface area contributed by atoms with Gasteiger partial charge in [0.2, 0.25) is 17.7 Å². The molecule has 8 bridgehead atoms. The van der Waals surface area contributed by atoms with Crippen molar-refractivity contribution in [2.45, 2.75) is 120 Å². The maximum Gasteiger partial charge on any atom is 0.408 e. The number of carbonyl (C=O) groups excluding carboxylic acids is 9. The molecule has 7 heterocycles. The Bertz CT molecular complexity index is 3470. The fourth-order valence-electron chi connectivity index (χ4n) is 8.42. The molecule has 0 radical (unpaired) electrons. The lowest BCUT2D eigenvalue weighted by atomic mass is 9.86. The Hall–Kier alpha value is -7.96. The van der Waals surface area contributed by atoms with Crippen LogP contribution in [0, 0.1) is 0 Å². The van der Waals surface area contributed by atoms with E-state index in [9.17, 15) is 63.6 Å². The number of nitrogens with two attached hydrogens (primary N) is 1. The average molecular weight is 1280 g/mol. The van der Waals surface area contributed by atoms with Crippen LogP contribution in [-0.4, -0.2) is 159 Å². The summed E-state index contributed by atoms with van der Waals surface area (Å²) in [5.74, 6) is -6.97. The number of primary amides is 1. The lowest BCUT2D eigenvalue weighted by molar-refractivity contribution is -0.128. The smallest absolute Gasteiger partial charge is 0.408 e. The lowest BCUT2D eigenvalue weighted by Gasteiger charge is -2.34. The van der Waals surface area contributed by atoms with Crippen molar-refractivity contribution in [3.8, 4) is 0 Å². The number of nitrogens with zero attached hydrogens (tertiary/aromatic N) is 6. The Labute approximate surface area is 510 Å². The van der Waals surface area contributed by atoms with Crippen LogP contribution in [0.5, 0.6) is 0 Å². The molecule has 0 aliphatic carbocycles. The number of carbonyl (C=O) groups is 9. The summed E-state index contributed by atoms with van der Waals surface area (Å²) >= 11 is 4.69. The number of aliphatic hydroxyl groups is 4. The Kier molecular flexibility index (Phi) is 21.0. The molecule has 34 heteroatoms. The SMILES string of the molecule is C=CCOC(=O)N[C@@H](C)C(=O)N[C@@H]1c2csc(n2)[C@H]([C@@H](C)O)NC(=O)c2csc(n2)[C@H]([C@](C)(O)[C@@H](C)O)NC(=O)[C@H]2CSC(=N2)/C(=C/C)NC(=O)[C@H]([C@@H](C)O)NC(=O)c2csc(n2)[C@@]12CCC(c1ncc(C(=O)NC(=C)C(=O)NC(=C)C(N)=O)s1)=N2. The molecular formula is C52H61N15O14S5. The van der Waals surface area contributed by atoms with Crippen LogP contribution in [0.25, 0.3) is 0 Å². The van der Waals surface area contributed by atoms with Gasteiger partial charge in [0.05, 0.1) is 53.0 Å². The maximum absolute atomic E-state index is 14.5. The van der Waals surface area contributed by atoms with Crippen LogP contribution in [0.3, 0.4) is 0 Å². The molecule has 4 aromatic rings. The zero-order valence-corrected chi connectivity index (χ0v) is 50.9. The largest absolute Gasteiger partial charge is 0.445 e. The third-order valence-electron chi connectivity index (χ3n) is 13.5. The monoisotopic (exact) mass is 1280 g/mol. The number of hydrogen-bond acceptors (Lipinski definition) is 25. The maximum atomic E-state index is 14.5. The molecule has 9 amide bonds. The summed E-state index contributed by atoms with van der Waals surface area (Å²) in [5.41, 5.74) is 0.306. The van der Waals surface area contributed by atoms with Gasteiger partial charge in [-0.2, -0.15) is 0 Å². The fourth-order valence-corrected chi connectivity index (χ4v) is 13.3. The van der Waals surface area contributed by atoms with E-state index in [1.165, 1.54) is 69.1 Å². The zero-order chi connectivity index (χ0) is 63.1. The molecule has 0 saturated heterocycles. The molecule has 0 fully saturated rings. The number of thioether (sulfide) groups is 1.